The molecule has 0 atom stereocenters. The summed E-state index contributed by atoms with van der Waals surface area (Å²) < 4.78 is 103. The predicted molar refractivity (Wildman–Crippen MR) is 202 cm³/mol. The van der Waals surface area contributed by atoms with Crippen molar-refractivity contribution in [3.05, 3.63) is 0 Å². The number of rotatable bonds is 36. The second-order valence-corrected chi connectivity index (χ2v) is 16.4. The molecule has 0 unspecified atom stereocenters. The Morgan fingerprint density at radius 1 is 0.302 bits per heavy atom. The van der Waals surface area contributed by atoms with Gasteiger partial charge in [-0.25, -0.2) is 25.3 Å². The summed E-state index contributed by atoms with van der Waals surface area (Å²) in [5, 5.41) is 0. The van der Waals surface area contributed by atoms with Crippen LogP contribution in [0.5, 0.6) is 0 Å². The third-order valence-electron chi connectivity index (χ3n) is 8.18. The van der Waals surface area contributed by atoms with E-state index in [4.69, 9.17) is 0 Å². The first-order valence-electron chi connectivity index (χ1n) is 20.0. The van der Waals surface area contributed by atoms with Crippen LogP contribution < -0.4 is 29.6 Å². The minimum absolute atomic E-state index is 0. The van der Waals surface area contributed by atoms with Crippen LogP contribution in [0.2, 0.25) is 0 Å². The third kappa shape index (κ3) is 75.0. The second kappa shape index (κ2) is 47.9. The molecule has 0 aromatic heterocycles. The first kappa shape index (κ1) is 63.7. The van der Waals surface area contributed by atoms with E-state index in [1.165, 1.54) is 135 Å². The van der Waals surface area contributed by atoms with E-state index in [1.807, 2.05) is 0 Å². The molecule has 0 aromatic carbocycles. The maximum Gasteiger partial charge on any atom is 2.00 e. The molecule has 0 heterocycles. The Balaban J connectivity index is -0.000000213. The molecule has 0 radical (unpaired) electrons. The van der Waals surface area contributed by atoms with Crippen molar-refractivity contribution in [3.8, 4) is 0 Å². The molecule has 0 aliphatic heterocycles. The standard InChI is InChI=1S/3C12H26O4S.Cd.Na/c3*1-2-3-4-5-6-7-8-9-10-11-12-16-17(13,14)15;;/h3*2-12H2,1H3,(H,13,14,15);;/q;;;+2;+1/p-3. The number of hydrogen-bond acceptors (Lipinski definition) is 12. The van der Waals surface area contributed by atoms with Crippen LogP contribution >= 0.6 is 0 Å². The molecule has 0 saturated heterocycles. The molecular formula is C36H75CdNaO12S3. The molecule has 0 fully saturated rings. The summed E-state index contributed by atoms with van der Waals surface area (Å²) in [7, 11) is -13.5. The first-order chi connectivity index (χ1) is 24.2. The van der Waals surface area contributed by atoms with Crippen molar-refractivity contribution >= 4 is 31.2 Å². The zero-order chi connectivity index (χ0) is 39.0. The van der Waals surface area contributed by atoms with E-state index in [0.717, 1.165) is 38.5 Å². The van der Waals surface area contributed by atoms with Crippen molar-refractivity contribution in [1.29, 1.82) is 0 Å². The van der Waals surface area contributed by atoms with Crippen LogP contribution in [0, 0.1) is 0 Å². The summed E-state index contributed by atoms with van der Waals surface area (Å²) in [6, 6.07) is 0. The van der Waals surface area contributed by atoms with Crippen LogP contribution in [0.25, 0.3) is 0 Å². The van der Waals surface area contributed by atoms with E-state index in [2.05, 4.69) is 33.3 Å². The van der Waals surface area contributed by atoms with Gasteiger partial charge in [-0.1, -0.05) is 194 Å². The topological polar surface area (TPSA) is 199 Å². The van der Waals surface area contributed by atoms with Crippen molar-refractivity contribution in [2.75, 3.05) is 19.8 Å². The summed E-state index contributed by atoms with van der Waals surface area (Å²) >= 11 is 0. The average Bonchev–Trinajstić information content (AvgIpc) is 3.04. The summed E-state index contributed by atoms with van der Waals surface area (Å²) in [5.74, 6) is 0. The molecule has 0 saturated carbocycles. The maximum absolute atomic E-state index is 10.1. The van der Waals surface area contributed by atoms with Crippen LogP contribution in [-0.4, -0.2) is 58.7 Å². The van der Waals surface area contributed by atoms with E-state index in [1.54, 1.807) is 0 Å². The number of hydrogen-bond donors (Lipinski definition) is 0. The average molecular weight is 932 g/mol. The van der Waals surface area contributed by atoms with Gasteiger partial charge in [0.05, 0.1) is 19.8 Å². The molecule has 53 heavy (non-hydrogen) atoms. The van der Waals surface area contributed by atoms with Crippen molar-refractivity contribution < 1.29 is 108 Å². The molecule has 312 valence electrons. The van der Waals surface area contributed by atoms with Gasteiger partial charge in [-0.05, 0) is 19.3 Å². The molecule has 0 amide bonds. The Labute approximate surface area is 369 Å². The van der Waals surface area contributed by atoms with E-state index in [0.29, 0.717) is 19.3 Å². The zero-order valence-corrected chi connectivity index (χ0v) is 42.7. The fraction of sp³-hybridized carbons (Fsp3) is 1.00. The van der Waals surface area contributed by atoms with Crippen molar-refractivity contribution in [2.24, 2.45) is 0 Å². The monoisotopic (exact) mass is 932 g/mol. The van der Waals surface area contributed by atoms with Crippen LogP contribution in [0.3, 0.4) is 0 Å². The van der Waals surface area contributed by atoms with Gasteiger partial charge >= 0.3 is 56.9 Å². The Morgan fingerprint density at radius 3 is 0.566 bits per heavy atom. The molecule has 0 bridgehead atoms. The second-order valence-electron chi connectivity index (χ2n) is 13.2. The summed E-state index contributed by atoms with van der Waals surface area (Å²) in [5.41, 5.74) is 0. The molecule has 0 rings (SSSR count). The molecule has 12 nitrogen and oxygen atoms in total. The first-order valence-corrected chi connectivity index (χ1v) is 24.0. The third-order valence-corrected chi connectivity index (χ3v) is 9.54. The smallest absolute Gasteiger partial charge is 0.726 e. The Hall–Kier alpha value is 1.53. The predicted octanol–water partition coefficient (Wildman–Crippen LogP) is 7.15. The summed E-state index contributed by atoms with van der Waals surface area (Å²) in [6.07, 6.45) is 35.1. The van der Waals surface area contributed by atoms with Gasteiger partial charge < -0.3 is 13.7 Å². The van der Waals surface area contributed by atoms with Crippen molar-refractivity contribution in [1.82, 2.24) is 0 Å². The van der Waals surface area contributed by atoms with Crippen molar-refractivity contribution in [3.63, 3.8) is 0 Å². The van der Waals surface area contributed by atoms with E-state index in [-0.39, 0.29) is 76.7 Å². The largest absolute Gasteiger partial charge is 2.00 e. The fourth-order valence-electron chi connectivity index (χ4n) is 5.25. The van der Waals surface area contributed by atoms with Crippen LogP contribution in [0.4, 0.5) is 0 Å². The van der Waals surface area contributed by atoms with Gasteiger partial charge in [0.2, 0.25) is 31.2 Å². The van der Waals surface area contributed by atoms with Gasteiger partial charge in [-0.15, -0.1) is 0 Å². The molecule has 0 N–H and O–H groups in total. The van der Waals surface area contributed by atoms with Crippen LogP contribution in [-0.2, 0) is 71.0 Å². The van der Waals surface area contributed by atoms with Gasteiger partial charge in [0.1, 0.15) is 0 Å². The van der Waals surface area contributed by atoms with Gasteiger partial charge in [0, 0.05) is 0 Å². The molecule has 0 aliphatic rings. The Kier molecular flexibility index (Phi) is 57.6. The van der Waals surface area contributed by atoms with Crippen molar-refractivity contribution in [2.45, 2.75) is 213 Å². The maximum atomic E-state index is 10.1. The Bertz CT molecular complexity index is 890. The normalized spacial score (nSPS) is 11.4. The minimum atomic E-state index is -4.48. The minimum Gasteiger partial charge on any atom is -0.726 e. The van der Waals surface area contributed by atoms with Gasteiger partial charge in [0.25, 0.3) is 0 Å². The molecule has 0 aliphatic carbocycles. The molecule has 0 spiro atoms. The van der Waals surface area contributed by atoms with Gasteiger partial charge in [0.15, 0.2) is 0 Å². The van der Waals surface area contributed by atoms with E-state index in [9.17, 15) is 38.9 Å². The summed E-state index contributed by atoms with van der Waals surface area (Å²) in [6.45, 7) is 6.73. The molecular weight excluding hydrogens is 856 g/mol. The zero-order valence-electron chi connectivity index (χ0n) is 34.2. The van der Waals surface area contributed by atoms with Crippen LogP contribution in [0.1, 0.15) is 213 Å². The van der Waals surface area contributed by atoms with Gasteiger partial charge in [-0.2, -0.15) is 0 Å². The molecule has 0 aromatic rings. The SMILES string of the molecule is CCCCCCCCCCCCOS(=O)(=O)[O-].CCCCCCCCCCCCOS(=O)(=O)[O-].CCCCCCCCCCCCOS(=O)(=O)[O-].[Cd+2].[Na+]. The molecule has 17 heteroatoms. The van der Waals surface area contributed by atoms with E-state index >= 15 is 0 Å². The van der Waals surface area contributed by atoms with Gasteiger partial charge in [-0.3, -0.25) is 12.5 Å². The van der Waals surface area contributed by atoms with E-state index < -0.39 is 31.2 Å². The summed E-state index contributed by atoms with van der Waals surface area (Å²) in [4.78, 5) is 0. The fourth-order valence-corrected chi connectivity index (χ4v) is 6.22. The van der Waals surface area contributed by atoms with Crippen LogP contribution in [0.15, 0.2) is 0 Å². The Morgan fingerprint density at radius 2 is 0.434 bits per heavy atom. The quantitative estimate of drug-likeness (QED) is 0.0266. The number of unbranched alkanes of at least 4 members (excludes halogenated alkanes) is 27.